The SMILES string of the molecule is CCOC(=O)N1CC=CCN1C(=O)Nc1cc([N+](=O)[O-])ccc1F. The summed E-state index contributed by atoms with van der Waals surface area (Å²) >= 11 is 0. The van der Waals surface area contributed by atoms with Crippen molar-refractivity contribution in [3.63, 3.8) is 0 Å². The number of hydrazine groups is 1. The predicted molar refractivity (Wildman–Crippen MR) is 81.6 cm³/mol. The van der Waals surface area contributed by atoms with E-state index in [0.717, 1.165) is 28.2 Å². The van der Waals surface area contributed by atoms with Crippen molar-refractivity contribution >= 4 is 23.5 Å². The highest BCUT2D eigenvalue weighted by atomic mass is 19.1. The van der Waals surface area contributed by atoms with Crippen LogP contribution in [-0.4, -0.2) is 46.8 Å². The van der Waals surface area contributed by atoms with E-state index in [0.29, 0.717) is 0 Å². The van der Waals surface area contributed by atoms with Crippen LogP contribution in [0.1, 0.15) is 6.92 Å². The predicted octanol–water partition coefficient (Wildman–Crippen LogP) is 2.51. The van der Waals surface area contributed by atoms with Crippen LogP contribution in [0.3, 0.4) is 0 Å². The highest BCUT2D eigenvalue weighted by Crippen LogP contribution is 2.22. The number of benzene rings is 1. The van der Waals surface area contributed by atoms with Gasteiger partial charge in [0.05, 0.1) is 30.3 Å². The van der Waals surface area contributed by atoms with E-state index in [1.165, 1.54) is 0 Å². The molecule has 1 aromatic carbocycles. The number of carbonyl (C=O) groups excluding carboxylic acids is 2. The number of hydrogen-bond acceptors (Lipinski definition) is 5. The molecule has 1 N–H and O–H groups in total. The number of nitro benzene ring substituents is 1. The van der Waals surface area contributed by atoms with Gasteiger partial charge in [0.25, 0.3) is 5.69 Å². The van der Waals surface area contributed by atoms with Crippen molar-refractivity contribution in [2.75, 3.05) is 25.0 Å². The first-order valence-corrected chi connectivity index (χ1v) is 7.05. The lowest BCUT2D eigenvalue weighted by Gasteiger charge is -2.34. The van der Waals surface area contributed by atoms with Gasteiger partial charge >= 0.3 is 12.1 Å². The Bertz CT molecular complexity index is 694. The van der Waals surface area contributed by atoms with Crippen LogP contribution in [-0.2, 0) is 4.74 Å². The number of hydrogen-bond donors (Lipinski definition) is 1. The largest absolute Gasteiger partial charge is 0.448 e. The molecule has 9 nitrogen and oxygen atoms in total. The van der Waals surface area contributed by atoms with E-state index in [9.17, 15) is 24.1 Å². The molecule has 0 saturated carbocycles. The highest BCUT2D eigenvalue weighted by molar-refractivity contribution is 5.91. The maximum atomic E-state index is 13.8. The molecular formula is C14H15FN4O5. The molecule has 3 amide bonds. The third kappa shape index (κ3) is 3.77. The Labute approximate surface area is 136 Å². The van der Waals surface area contributed by atoms with E-state index in [2.05, 4.69) is 5.32 Å². The molecule has 0 bridgehead atoms. The summed E-state index contributed by atoms with van der Waals surface area (Å²) in [6, 6.07) is 1.96. The van der Waals surface area contributed by atoms with Gasteiger partial charge in [-0.3, -0.25) is 10.1 Å². The van der Waals surface area contributed by atoms with Crippen LogP contribution in [0.15, 0.2) is 30.4 Å². The van der Waals surface area contributed by atoms with Gasteiger partial charge in [0.15, 0.2) is 0 Å². The van der Waals surface area contributed by atoms with Gasteiger partial charge in [0.2, 0.25) is 0 Å². The normalized spacial score (nSPS) is 13.6. The molecule has 0 atom stereocenters. The third-order valence-electron chi connectivity index (χ3n) is 3.13. The van der Waals surface area contributed by atoms with E-state index in [-0.39, 0.29) is 31.1 Å². The lowest BCUT2D eigenvalue weighted by molar-refractivity contribution is -0.384. The monoisotopic (exact) mass is 338 g/mol. The van der Waals surface area contributed by atoms with Crippen molar-refractivity contribution in [2.24, 2.45) is 0 Å². The lowest BCUT2D eigenvalue weighted by Crippen LogP contribution is -2.53. The first-order valence-electron chi connectivity index (χ1n) is 7.05. The molecule has 0 fully saturated rings. The van der Waals surface area contributed by atoms with Crippen LogP contribution < -0.4 is 5.32 Å². The summed E-state index contributed by atoms with van der Waals surface area (Å²) in [7, 11) is 0. The maximum absolute atomic E-state index is 13.8. The Morgan fingerprint density at radius 1 is 1.33 bits per heavy atom. The number of nitrogens with one attached hydrogen (secondary N) is 1. The smallest absolute Gasteiger partial charge is 0.429 e. The summed E-state index contributed by atoms with van der Waals surface area (Å²) in [6.07, 6.45) is 2.60. The molecule has 1 heterocycles. The number of non-ortho nitro benzene ring substituents is 1. The Morgan fingerprint density at radius 3 is 2.62 bits per heavy atom. The molecule has 0 aliphatic carbocycles. The number of halogens is 1. The van der Waals surface area contributed by atoms with Crippen molar-refractivity contribution in [1.29, 1.82) is 0 Å². The summed E-state index contributed by atoms with van der Waals surface area (Å²) in [5.41, 5.74) is -0.722. The zero-order chi connectivity index (χ0) is 17.7. The maximum Gasteiger partial charge on any atom is 0.429 e. The van der Waals surface area contributed by atoms with Crippen LogP contribution in [0, 0.1) is 15.9 Å². The quantitative estimate of drug-likeness (QED) is 0.518. The van der Waals surface area contributed by atoms with Crippen LogP contribution in [0.2, 0.25) is 0 Å². The molecule has 24 heavy (non-hydrogen) atoms. The van der Waals surface area contributed by atoms with E-state index in [1.807, 2.05) is 0 Å². The second-order valence-corrected chi connectivity index (χ2v) is 4.69. The summed E-state index contributed by atoms with van der Waals surface area (Å²) in [6.45, 7) is 1.94. The summed E-state index contributed by atoms with van der Waals surface area (Å²) in [5, 5.41) is 15.0. The zero-order valence-electron chi connectivity index (χ0n) is 12.8. The third-order valence-corrected chi connectivity index (χ3v) is 3.13. The first kappa shape index (κ1) is 17.2. The van der Waals surface area contributed by atoms with Crippen molar-refractivity contribution in [3.8, 4) is 0 Å². The second-order valence-electron chi connectivity index (χ2n) is 4.69. The lowest BCUT2D eigenvalue weighted by atomic mass is 10.2. The number of rotatable bonds is 3. The molecule has 2 rings (SSSR count). The minimum absolute atomic E-state index is 0.0706. The van der Waals surface area contributed by atoms with Crippen LogP contribution in [0.4, 0.5) is 25.4 Å². The minimum Gasteiger partial charge on any atom is -0.448 e. The second kappa shape index (κ2) is 7.40. The van der Waals surface area contributed by atoms with Gasteiger partial charge in [-0.15, -0.1) is 0 Å². The van der Waals surface area contributed by atoms with Gasteiger partial charge in [0, 0.05) is 12.1 Å². The molecule has 0 spiro atoms. The van der Waals surface area contributed by atoms with Crippen molar-refractivity contribution in [3.05, 3.63) is 46.3 Å². The average molecular weight is 338 g/mol. The zero-order valence-corrected chi connectivity index (χ0v) is 12.8. The summed E-state index contributed by atoms with van der Waals surface area (Å²) < 4.78 is 18.6. The summed E-state index contributed by atoms with van der Waals surface area (Å²) in [4.78, 5) is 34.2. The van der Waals surface area contributed by atoms with Crippen LogP contribution >= 0.6 is 0 Å². The van der Waals surface area contributed by atoms with Gasteiger partial charge in [-0.1, -0.05) is 12.2 Å². The Hall–Kier alpha value is -3.17. The number of nitro groups is 1. The number of anilines is 1. The number of urea groups is 1. The minimum atomic E-state index is -0.829. The Balaban J connectivity index is 2.18. The van der Waals surface area contributed by atoms with E-state index in [4.69, 9.17) is 4.74 Å². The first-order chi connectivity index (χ1) is 11.4. The number of carbonyl (C=O) groups is 2. The summed E-state index contributed by atoms with van der Waals surface area (Å²) in [5.74, 6) is -0.829. The van der Waals surface area contributed by atoms with Gasteiger partial charge in [-0.25, -0.2) is 24.0 Å². The molecule has 1 aliphatic heterocycles. The molecule has 1 aromatic rings. The van der Waals surface area contributed by atoms with E-state index >= 15 is 0 Å². The fourth-order valence-electron chi connectivity index (χ4n) is 2.01. The number of nitrogens with zero attached hydrogens (tertiary/aromatic N) is 3. The fourth-order valence-corrected chi connectivity index (χ4v) is 2.01. The molecule has 0 aromatic heterocycles. The van der Waals surface area contributed by atoms with Gasteiger partial charge in [-0.2, -0.15) is 0 Å². The molecular weight excluding hydrogens is 323 g/mol. The standard InChI is InChI=1S/C14H15FN4O5/c1-2-24-14(21)18-8-4-3-7-17(18)13(20)16-12-9-10(19(22)23)5-6-11(12)15/h3-6,9H,2,7-8H2,1H3,(H,16,20). The van der Waals surface area contributed by atoms with Crippen LogP contribution in [0.5, 0.6) is 0 Å². The fraction of sp³-hybridized carbons (Fsp3) is 0.286. The Kier molecular flexibility index (Phi) is 5.30. The van der Waals surface area contributed by atoms with Gasteiger partial charge in [-0.05, 0) is 13.0 Å². The molecule has 0 saturated heterocycles. The highest BCUT2D eigenvalue weighted by Gasteiger charge is 2.28. The number of amides is 3. The molecule has 0 radical (unpaired) electrons. The molecule has 128 valence electrons. The van der Waals surface area contributed by atoms with Crippen molar-refractivity contribution < 1.29 is 23.6 Å². The molecule has 1 aliphatic rings. The molecule has 0 unspecified atom stereocenters. The molecule has 10 heteroatoms. The van der Waals surface area contributed by atoms with Crippen molar-refractivity contribution in [1.82, 2.24) is 10.0 Å². The van der Waals surface area contributed by atoms with E-state index < -0.39 is 22.9 Å². The Morgan fingerprint density at radius 2 is 2.00 bits per heavy atom. The van der Waals surface area contributed by atoms with Gasteiger partial charge < -0.3 is 10.1 Å². The van der Waals surface area contributed by atoms with Gasteiger partial charge in [0.1, 0.15) is 5.82 Å². The van der Waals surface area contributed by atoms with Crippen molar-refractivity contribution in [2.45, 2.75) is 6.92 Å². The average Bonchev–Trinajstić information content (AvgIpc) is 2.56. The topological polar surface area (TPSA) is 105 Å². The number of ether oxygens (including phenoxy) is 1. The van der Waals surface area contributed by atoms with Crippen LogP contribution in [0.25, 0.3) is 0 Å². The van der Waals surface area contributed by atoms with E-state index in [1.54, 1.807) is 19.1 Å².